The van der Waals surface area contributed by atoms with Crippen molar-refractivity contribution < 1.29 is 9.53 Å². The number of fused-ring (bicyclic) bond motifs is 1. The first-order chi connectivity index (χ1) is 14.2. The molecule has 30 heavy (non-hydrogen) atoms. The van der Waals surface area contributed by atoms with Gasteiger partial charge in [-0.05, 0) is 68.7 Å². The molecule has 2 N–H and O–H groups in total. The van der Waals surface area contributed by atoms with E-state index in [9.17, 15) is 4.79 Å². The van der Waals surface area contributed by atoms with Crippen LogP contribution in [0.25, 0.3) is 0 Å². The summed E-state index contributed by atoms with van der Waals surface area (Å²) in [4.78, 5) is 17.0. The van der Waals surface area contributed by atoms with Crippen LogP contribution in [0.5, 0.6) is 5.75 Å². The SMILES string of the molecule is Cc1cc(C)c2c(c1C)OC(C)(CN1CCN(C(=O)c3ccc(Cl)cc3)CC1)C2N. The Morgan fingerprint density at radius 1 is 1.13 bits per heavy atom. The van der Waals surface area contributed by atoms with Crippen molar-refractivity contribution >= 4 is 17.5 Å². The standard InChI is InChI=1S/C24H30ClN3O2/c1-15-13-16(2)20-21(17(15)3)30-24(4,22(20)26)14-27-9-11-28(12-10-27)23(29)18-5-7-19(25)8-6-18/h5-8,13,22H,9-12,14,26H2,1-4H3. The highest BCUT2D eigenvalue weighted by molar-refractivity contribution is 6.30. The van der Waals surface area contributed by atoms with Gasteiger partial charge in [-0.1, -0.05) is 17.7 Å². The molecule has 0 bridgehead atoms. The molecule has 1 fully saturated rings. The van der Waals surface area contributed by atoms with E-state index in [1.54, 1.807) is 24.3 Å². The quantitative estimate of drug-likeness (QED) is 0.807. The van der Waals surface area contributed by atoms with Crippen molar-refractivity contribution in [3.63, 3.8) is 0 Å². The fourth-order valence-electron chi connectivity index (χ4n) is 4.65. The molecule has 6 heteroatoms. The summed E-state index contributed by atoms with van der Waals surface area (Å²) in [5.41, 5.74) is 11.6. The normalized spacial score (nSPS) is 23.9. The van der Waals surface area contributed by atoms with Crippen LogP contribution in [0.4, 0.5) is 0 Å². The molecule has 2 aliphatic rings. The molecule has 2 unspecified atom stereocenters. The third kappa shape index (κ3) is 3.70. The molecule has 0 spiro atoms. The maximum atomic E-state index is 12.8. The van der Waals surface area contributed by atoms with Crippen molar-refractivity contribution in [1.82, 2.24) is 9.80 Å². The fraction of sp³-hybridized carbons (Fsp3) is 0.458. The summed E-state index contributed by atoms with van der Waals surface area (Å²) < 4.78 is 6.50. The second-order valence-electron chi connectivity index (χ2n) is 8.85. The number of carbonyl (C=O) groups excluding carboxylic acids is 1. The third-order valence-electron chi connectivity index (χ3n) is 6.63. The zero-order chi connectivity index (χ0) is 21.6. The van der Waals surface area contributed by atoms with Crippen LogP contribution in [-0.2, 0) is 0 Å². The van der Waals surface area contributed by atoms with Gasteiger partial charge < -0.3 is 15.4 Å². The lowest BCUT2D eigenvalue weighted by Crippen LogP contribution is -2.55. The maximum Gasteiger partial charge on any atom is 0.253 e. The van der Waals surface area contributed by atoms with Gasteiger partial charge in [-0.2, -0.15) is 0 Å². The molecular weight excluding hydrogens is 398 g/mol. The number of ether oxygens (including phenoxy) is 1. The van der Waals surface area contributed by atoms with E-state index in [4.69, 9.17) is 22.1 Å². The van der Waals surface area contributed by atoms with E-state index in [2.05, 4.69) is 38.7 Å². The van der Waals surface area contributed by atoms with Crippen molar-refractivity contribution in [2.45, 2.75) is 39.3 Å². The highest BCUT2D eigenvalue weighted by Crippen LogP contribution is 2.46. The summed E-state index contributed by atoms with van der Waals surface area (Å²) in [5, 5.41) is 0.638. The Morgan fingerprint density at radius 2 is 1.77 bits per heavy atom. The minimum absolute atomic E-state index is 0.0560. The number of piperazine rings is 1. The Hall–Kier alpha value is -2.08. The summed E-state index contributed by atoms with van der Waals surface area (Å²) in [6.45, 7) is 12.2. The van der Waals surface area contributed by atoms with Gasteiger partial charge in [0, 0.05) is 48.9 Å². The highest BCUT2D eigenvalue weighted by atomic mass is 35.5. The van der Waals surface area contributed by atoms with E-state index in [1.807, 2.05) is 4.90 Å². The number of nitrogens with two attached hydrogens (primary N) is 1. The van der Waals surface area contributed by atoms with Crippen LogP contribution in [0.2, 0.25) is 5.02 Å². The lowest BCUT2D eigenvalue weighted by molar-refractivity contribution is 0.0221. The van der Waals surface area contributed by atoms with Gasteiger partial charge in [0.25, 0.3) is 5.91 Å². The van der Waals surface area contributed by atoms with Crippen LogP contribution < -0.4 is 10.5 Å². The average molecular weight is 428 g/mol. The van der Waals surface area contributed by atoms with Crippen LogP contribution >= 0.6 is 11.6 Å². The largest absolute Gasteiger partial charge is 0.484 e. The van der Waals surface area contributed by atoms with Crippen molar-refractivity contribution in [2.75, 3.05) is 32.7 Å². The number of aryl methyl sites for hydroxylation is 2. The van der Waals surface area contributed by atoms with Gasteiger partial charge in [-0.3, -0.25) is 9.69 Å². The molecule has 0 radical (unpaired) electrons. The van der Waals surface area contributed by atoms with E-state index in [0.717, 1.165) is 30.9 Å². The van der Waals surface area contributed by atoms with Gasteiger partial charge in [-0.25, -0.2) is 0 Å². The van der Waals surface area contributed by atoms with Crippen LogP contribution in [0, 0.1) is 20.8 Å². The molecule has 1 amide bonds. The summed E-state index contributed by atoms with van der Waals surface area (Å²) in [6.07, 6.45) is 0. The van der Waals surface area contributed by atoms with Crippen molar-refractivity contribution in [3.05, 3.63) is 63.2 Å². The lowest BCUT2D eigenvalue weighted by Gasteiger charge is -2.39. The van der Waals surface area contributed by atoms with Gasteiger partial charge in [0.1, 0.15) is 11.4 Å². The van der Waals surface area contributed by atoms with Crippen molar-refractivity contribution in [3.8, 4) is 5.75 Å². The second kappa shape index (κ2) is 7.88. The minimum Gasteiger partial charge on any atom is -0.484 e. The van der Waals surface area contributed by atoms with Crippen molar-refractivity contribution in [2.24, 2.45) is 5.73 Å². The van der Waals surface area contributed by atoms with E-state index in [0.29, 0.717) is 23.7 Å². The Bertz CT molecular complexity index is 967. The highest BCUT2D eigenvalue weighted by Gasteiger charge is 2.46. The first-order valence-corrected chi connectivity index (χ1v) is 10.9. The lowest BCUT2D eigenvalue weighted by atomic mass is 9.88. The number of amides is 1. The number of halogens is 1. The Morgan fingerprint density at radius 3 is 2.40 bits per heavy atom. The van der Waals surface area contributed by atoms with Crippen LogP contribution in [0.15, 0.2) is 30.3 Å². The predicted octanol–water partition coefficient (Wildman–Crippen LogP) is 3.87. The van der Waals surface area contributed by atoms with Crippen LogP contribution in [0.3, 0.4) is 0 Å². The van der Waals surface area contributed by atoms with E-state index in [1.165, 1.54) is 16.7 Å². The Labute approximate surface area is 183 Å². The molecule has 2 heterocycles. The van der Waals surface area contributed by atoms with Gasteiger partial charge >= 0.3 is 0 Å². The number of benzene rings is 2. The summed E-state index contributed by atoms with van der Waals surface area (Å²) in [7, 11) is 0. The van der Waals surface area contributed by atoms with Crippen LogP contribution in [-0.4, -0.2) is 54.0 Å². The number of hydrogen-bond acceptors (Lipinski definition) is 4. The van der Waals surface area contributed by atoms with Crippen LogP contribution in [0.1, 0.15) is 45.6 Å². The molecule has 4 rings (SSSR count). The summed E-state index contributed by atoms with van der Waals surface area (Å²) in [5.74, 6) is 1.01. The zero-order valence-corrected chi connectivity index (χ0v) is 18.9. The number of nitrogens with zero attached hydrogens (tertiary/aromatic N) is 2. The number of rotatable bonds is 3. The average Bonchev–Trinajstić information content (AvgIpc) is 2.98. The van der Waals surface area contributed by atoms with Gasteiger partial charge in [0.2, 0.25) is 0 Å². The van der Waals surface area contributed by atoms with E-state index < -0.39 is 5.60 Å². The maximum absolute atomic E-state index is 12.8. The molecule has 2 aromatic carbocycles. The number of carbonyl (C=O) groups is 1. The summed E-state index contributed by atoms with van der Waals surface area (Å²) >= 11 is 5.94. The fourth-order valence-corrected chi connectivity index (χ4v) is 4.78. The molecule has 2 atom stereocenters. The first kappa shape index (κ1) is 21.2. The molecule has 0 aromatic heterocycles. The summed E-state index contributed by atoms with van der Waals surface area (Å²) in [6, 6.07) is 9.12. The molecular formula is C24H30ClN3O2. The molecule has 2 aliphatic heterocycles. The molecule has 5 nitrogen and oxygen atoms in total. The monoisotopic (exact) mass is 427 g/mol. The van der Waals surface area contributed by atoms with Gasteiger partial charge in [-0.15, -0.1) is 0 Å². The van der Waals surface area contributed by atoms with E-state index in [-0.39, 0.29) is 11.9 Å². The molecule has 0 saturated carbocycles. The molecule has 2 aromatic rings. The number of hydrogen-bond donors (Lipinski definition) is 1. The molecule has 0 aliphatic carbocycles. The minimum atomic E-state index is -0.478. The smallest absolute Gasteiger partial charge is 0.253 e. The Kier molecular flexibility index (Phi) is 5.56. The molecule has 1 saturated heterocycles. The second-order valence-corrected chi connectivity index (χ2v) is 9.28. The van der Waals surface area contributed by atoms with Crippen molar-refractivity contribution in [1.29, 1.82) is 0 Å². The topological polar surface area (TPSA) is 58.8 Å². The third-order valence-corrected chi connectivity index (χ3v) is 6.88. The Balaban J connectivity index is 1.42. The molecule has 160 valence electrons. The predicted molar refractivity (Wildman–Crippen MR) is 120 cm³/mol. The van der Waals surface area contributed by atoms with E-state index >= 15 is 0 Å². The zero-order valence-electron chi connectivity index (χ0n) is 18.2. The van der Waals surface area contributed by atoms with Gasteiger partial charge in [0.05, 0.1) is 6.04 Å². The van der Waals surface area contributed by atoms with Gasteiger partial charge in [0.15, 0.2) is 0 Å². The first-order valence-electron chi connectivity index (χ1n) is 10.5.